The highest BCUT2D eigenvalue weighted by Crippen LogP contribution is 2.33. The number of ether oxygens (including phenoxy) is 2. The van der Waals surface area contributed by atoms with E-state index in [0.717, 1.165) is 4.47 Å². The summed E-state index contributed by atoms with van der Waals surface area (Å²) >= 11 is 6.78. The molecule has 0 aromatic heterocycles. The lowest BCUT2D eigenvalue weighted by molar-refractivity contribution is 0.0955. The summed E-state index contributed by atoms with van der Waals surface area (Å²) in [6.07, 6.45) is 1.49. The summed E-state index contributed by atoms with van der Waals surface area (Å²) in [4.78, 5) is 12.1. The van der Waals surface area contributed by atoms with Gasteiger partial charge in [-0.15, -0.1) is 0 Å². The maximum Gasteiger partial charge on any atom is 0.271 e. The minimum atomic E-state index is -0.333. The first-order chi connectivity index (χ1) is 14.5. The van der Waals surface area contributed by atoms with Crippen LogP contribution in [0.15, 0.2) is 74.7 Å². The van der Waals surface area contributed by atoms with Crippen LogP contribution in [0.3, 0.4) is 0 Å². The second-order valence-corrected chi connectivity index (χ2v) is 7.88. The van der Waals surface area contributed by atoms with Crippen LogP contribution in [-0.4, -0.2) is 19.2 Å². The Labute approximate surface area is 190 Å². The first-order valence-corrected chi connectivity index (χ1v) is 10.4. The lowest BCUT2D eigenvalue weighted by Crippen LogP contribution is -2.17. The number of carbonyl (C=O) groups is 1. The van der Waals surface area contributed by atoms with Gasteiger partial charge in [0.1, 0.15) is 12.4 Å². The molecule has 3 aromatic rings. The topological polar surface area (TPSA) is 59.9 Å². The molecule has 1 amide bonds. The third-order valence-electron chi connectivity index (χ3n) is 4.10. The van der Waals surface area contributed by atoms with Crippen LogP contribution < -0.4 is 14.9 Å². The number of nitrogens with zero attached hydrogens (tertiary/aromatic N) is 1. The van der Waals surface area contributed by atoms with Gasteiger partial charge in [-0.05, 0) is 58.4 Å². The maximum atomic E-state index is 13.8. The van der Waals surface area contributed by atoms with Crippen molar-refractivity contribution in [2.24, 2.45) is 5.10 Å². The van der Waals surface area contributed by atoms with Crippen LogP contribution >= 0.6 is 31.9 Å². The normalized spacial score (nSPS) is 10.8. The van der Waals surface area contributed by atoms with E-state index in [1.165, 1.54) is 19.4 Å². The zero-order chi connectivity index (χ0) is 21.5. The molecule has 154 valence electrons. The molecule has 8 heteroatoms. The Kier molecular flexibility index (Phi) is 7.59. The van der Waals surface area contributed by atoms with Gasteiger partial charge in [0.2, 0.25) is 0 Å². The van der Waals surface area contributed by atoms with Crippen LogP contribution in [0.1, 0.15) is 21.5 Å². The van der Waals surface area contributed by atoms with Crippen molar-refractivity contribution in [2.45, 2.75) is 6.61 Å². The van der Waals surface area contributed by atoms with Crippen LogP contribution in [0.25, 0.3) is 0 Å². The molecule has 0 aliphatic heterocycles. The van der Waals surface area contributed by atoms with Crippen LogP contribution in [-0.2, 0) is 6.61 Å². The number of benzene rings is 3. The number of hydrogen-bond acceptors (Lipinski definition) is 4. The number of hydrazone groups is 1. The fraction of sp³-hybridized carbons (Fsp3) is 0.0909. The van der Waals surface area contributed by atoms with Gasteiger partial charge >= 0.3 is 0 Å². The molecule has 1 N–H and O–H groups in total. The van der Waals surface area contributed by atoms with Crippen LogP contribution in [0.2, 0.25) is 0 Å². The quantitative estimate of drug-likeness (QED) is 0.312. The summed E-state index contributed by atoms with van der Waals surface area (Å²) in [5.74, 6) is 0.242. The summed E-state index contributed by atoms with van der Waals surface area (Å²) in [7, 11) is 1.51. The van der Waals surface area contributed by atoms with Crippen LogP contribution in [0.4, 0.5) is 4.39 Å². The molecule has 0 unspecified atom stereocenters. The van der Waals surface area contributed by atoms with Gasteiger partial charge in [0.15, 0.2) is 11.5 Å². The number of amides is 1. The third kappa shape index (κ3) is 5.67. The Morgan fingerprint density at radius 1 is 1.10 bits per heavy atom. The number of rotatable bonds is 7. The Morgan fingerprint density at radius 3 is 2.53 bits per heavy atom. The Hall–Kier alpha value is -2.71. The molecule has 0 radical (unpaired) electrons. The molecule has 3 rings (SSSR count). The molecule has 0 atom stereocenters. The molecular weight excluding hydrogens is 519 g/mol. The van der Waals surface area contributed by atoms with E-state index in [0.29, 0.717) is 32.7 Å². The van der Waals surface area contributed by atoms with Crippen molar-refractivity contribution in [3.63, 3.8) is 0 Å². The van der Waals surface area contributed by atoms with E-state index < -0.39 is 0 Å². The highest BCUT2D eigenvalue weighted by molar-refractivity contribution is 9.10. The fourth-order valence-electron chi connectivity index (χ4n) is 2.52. The van der Waals surface area contributed by atoms with Crippen molar-refractivity contribution in [1.29, 1.82) is 0 Å². The lowest BCUT2D eigenvalue weighted by atomic mass is 10.2. The Morgan fingerprint density at radius 2 is 1.83 bits per heavy atom. The largest absolute Gasteiger partial charge is 0.493 e. The molecule has 0 heterocycles. The van der Waals surface area contributed by atoms with Gasteiger partial charge in [0, 0.05) is 25.6 Å². The summed E-state index contributed by atoms with van der Waals surface area (Å²) in [6, 6.07) is 16.8. The number of hydrogen-bond donors (Lipinski definition) is 1. The van der Waals surface area contributed by atoms with Crippen molar-refractivity contribution < 1.29 is 18.7 Å². The molecule has 0 saturated heterocycles. The van der Waals surface area contributed by atoms with E-state index in [2.05, 4.69) is 42.4 Å². The lowest BCUT2D eigenvalue weighted by Gasteiger charge is -2.13. The molecule has 0 spiro atoms. The van der Waals surface area contributed by atoms with Gasteiger partial charge in [-0.2, -0.15) is 5.10 Å². The number of nitrogens with one attached hydrogen (secondary N) is 1. The average Bonchev–Trinajstić information content (AvgIpc) is 2.74. The predicted molar refractivity (Wildman–Crippen MR) is 121 cm³/mol. The van der Waals surface area contributed by atoms with E-state index in [-0.39, 0.29) is 18.3 Å². The molecule has 0 saturated carbocycles. The SMILES string of the molecule is COc1cc(/C=N/NC(=O)c2ccc(Br)cc2)c(Br)cc1OCc1ccccc1F. The van der Waals surface area contributed by atoms with E-state index in [9.17, 15) is 9.18 Å². The summed E-state index contributed by atoms with van der Waals surface area (Å²) in [5.41, 5.74) is 4.08. The highest BCUT2D eigenvalue weighted by Gasteiger charge is 2.11. The summed E-state index contributed by atoms with van der Waals surface area (Å²) < 4.78 is 26.5. The van der Waals surface area contributed by atoms with E-state index in [4.69, 9.17) is 9.47 Å². The molecule has 30 heavy (non-hydrogen) atoms. The highest BCUT2D eigenvalue weighted by atomic mass is 79.9. The zero-order valence-electron chi connectivity index (χ0n) is 15.9. The van der Waals surface area contributed by atoms with Gasteiger partial charge in [0.25, 0.3) is 5.91 Å². The van der Waals surface area contributed by atoms with Crippen molar-refractivity contribution in [2.75, 3.05) is 7.11 Å². The number of methoxy groups -OCH3 is 1. The van der Waals surface area contributed by atoms with Gasteiger partial charge in [-0.1, -0.05) is 34.1 Å². The van der Waals surface area contributed by atoms with Crippen molar-refractivity contribution in [3.05, 3.63) is 92.1 Å². The number of carbonyl (C=O) groups excluding carboxylic acids is 1. The average molecular weight is 536 g/mol. The van der Waals surface area contributed by atoms with Gasteiger partial charge in [-0.3, -0.25) is 4.79 Å². The second kappa shape index (κ2) is 10.4. The van der Waals surface area contributed by atoms with Crippen molar-refractivity contribution in [3.8, 4) is 11.5 Å². The third-order valence-corrected chi connectivity index (χ3v) is 5.32. The van der Waals surface area contributed by atoms with E-state index in [1.54, 1.807) is 54.6 Å². The minimum Gasteiger partial charge on any atom is -0.493 e. The second-order valence-electron chi connectivity index (χ2n) is 6.11. The van der Waals surface area contributed by atoms with Crippen LogP contribution in [0.5, 0.6) is 11.5 Å². The monoisotopic (exact) mass is 534 g/mol. The molecule has 0 fully saturated rings. The standard InChI is InChI=1S/C22H17Br2FN2O3/c1-29-20-10-16(12-26-27-22(28)14-6-8-17(23)9-7-14)18(24)11-21(20)30-13-15-4-2-3-5-19(15)25/h2-12H,13H2,1H3,(H,27,28)/b26-12+. The van der Waals surface area contributed by atoms with Crippen molar-refractivity contribution in [1.82, 2.24) is 5.43 Å². The summed E-state index contributed by atoms with van der Waals surface area (Å²) in [5, 5.41) is 4.00. The van der Waals surface area contributed by atoms with E-state index >= 15 is 0 Å². The first-order valence-electron chi connectivity index (χ1n) is 8.80. The number of halogens is 3. The first kappa shape index (κ1) is 22.0. The zero-order valence-corrected chi connectivity index (χ0v) is 19.0. The van der Waals surface area contributed by atoms with Crippen LogP contribution in [0, 0.1) is 5.82 Å². The minimum absolute atomic E-state index is 0.0617. The molecule has 0 aliphatic carbocycles. The van der Waals surface area contributed by atoms with Gasteiger partial charge < -0.3 is 9.47 Å². The van der Waals surface area contributed by atoms with E-state index in [1.807, 2.05) is 0 Å². The molecular formula is C22H17Br2FN2O3. The van der Waals surface area contributed by atoms with Gasteiger partial charge in [-0.25, -0.2) is 9.82 Å². The Balaban J connectivity index is 1.70. The van der Waals surface area contributed by atoms with Crippen molar-refractivity contribution >= 4 is 44.0 Å². The predicted octanol–water partition coefficient (Wildman–Crippen LogP) is 5.70. The molecule has 3 aromatic carbocycles. The Bertz CT molecular complexity index is 1070. The molecule has 5 nitrogen and oxygen atoms in total. The summed E-state index contributed by atoms with van der Waals surface area (Å²) in [6.45, 7) is 0.0617. The van der Waals surface area contributed by atoms with Gasteiger partial charge in [0.05, 0.1) is 13.3 Å². The smallest absolute Gasteiger partial charge is 0.271 e. The molecule has 0 bridgehead atoms. The fourth-order valence-corrected chi connectivity index (χ4v) is 3.21. The molecule has 0 aliphatic rings. The maximum absolute atomic E-state index is 13.8.